The van der Waals surface area contributed by atoms with Gasteiger partial charge in [-0.1, -0.05) is 29.8 Å². The highest BCUT2D eigenvalue weighted by Gasteiger charge is 2.07. The fraction of sp³-hybridized carbons (Fsp3) is 0.300. The lowest BCUT2D eigenvalue weighted by Crippen LogP contribution is -2.25. The van der Waals surface area contributed by atoms with Crippen LogP contribution in [0.1, 0.15) is 11.1 Å². The molecule has 0 heterocycles. The Bertz CT molecular complexity index is 457. The van der Waals surface area contributed by atoms with Crippen molar-refractivity contribution in [2.75, 3.05) is 5.75 Å². The van der Waals surface area contributed by atoms with Crippen molar-refractivity contribution in [3.8, 4) is 6.07 Å². The summed E-state index contributed by atoms with van der Waals surface area (Å²) in [5.41, 5.74) is 2.00. The van der Waals surface area contributed by atoms with Gasteiger partial charge >= 0.3 is 0 Å². The zero-order chi connectivity index (χ0) is 11.3. The number of hydrogen-bond acceptors (Lipinski definition) is 3. The van der Waals surface area contributed by atoms with Gasteiger partial charge in [0.25, 0.3) is 0 Å². The first-order valence-corrected chi connectivity index (χ1v) is 6.08. The van der Waals surface area contributed by atoms with E-state index in [0.717, 1.165) is 11.1 Å². The molecular weight excluding hydrogens is 212 g/mol. The second-order valence-corrected chi connectivity index (χ2v) is 5.03. The molecule has 0 aliphatic heterocycles. The van der Waals surface area contributed by atoms with Gasteiger partial charge in [0.15, 0.2) is 5.75 Å². The topological polar surface area (TPSA) is 70.0 Å². The third-order valence-corrected chi connectivity index (χ3v) is 2.96. The minimum atomic E-state index is -3.45. The summed E-state index contributed by atoms with van der Waals surface area (Å²) in [6.45, 7) is 2.19. The summed E-state index contributed by atoms with van der Waals surface area (Å²) in [5.74, 6) is -0.501. The maximum Gasteiger partial charge on any atom is 0.225 e. The number of rotatable bonds is 4. The number of nitrogens with zero attached hydrogens (tertiary/aromatic N) is 1. The largest absolute Gasteiger partial charge is 0.225 e. The SMILES string of the molecule is Cc1ccc(CNS(=O)(=O)CC#N)cc1. The predicted molar refractivity (Wildman–Crippen MR) is 57.4 cm³/mol. The highest BCUT2D eigenvalue weighted by Crippen LogP contribution is 2.02. The lowest BCUT2D eigenvalue weighted by molar-refractivity contribution is 0.585. The van der Waals surface area contributed by atoms with Gasteiger partial charge in [-0.25, -0.2) is 13.1 Å². The van der Waals surface area contributed by atoms with Crippen LogP contribution < -0.4 is 4.72 Å². The quantitative estimate of drug-likeness (QED) is 0.827. The van der Waals surface area contributed by atoms with Crippen LogP contribution in [0.25, 0.3) is 0 Å². The van der Waals surface area contributed by atoms with Gasteiger partial charge < -0.3 is 0 Å². The Morgan fingerprint density at radius 1 is 1.33 bits per heavy atom. The highest BCUT2D eigenvalue weighted by atomic mass is 32.2. The van der Waals surface area contributed by atoms with Crippen LogP contribution in [0.3, 0.4) is 0 Å². The van der Waals surface area contributed by atoms with E-state index in [0.29, 0.717) is 0 Å². The van der Waals surface area contributed by atoms with Crippen molar-refractivity contribution in [2.24, 2.45) is 0 Å². The van der Waals surface area contributed by atoms with Gasteiger partial charge in [-0.3, -0.25) is 0 Å². The Hall–Kier alpha value is -1.38. The Labute approximate surface area is 89.6 Å². The van der Waals surface area contributed by atoms with E-state index in [9.17, 15) is 8.42 Å². The second-order valence-electron chi connectivity index (χ2n) is 3.22. The van der Waals surface area contributed by atoms with Crippen molar-refractivity contribution < 1.29 is 8.42 Å². The first-order valence-electron chi connectivity index (χ1n) is 4.43. The molecule has 0 amide bonds. The molecule has 1 aromatic carbocycles. The fourth-order valence-electron chi connectivity index (χ4n) is 1.04. The predicted octanol–water partition coefficient (Wildman–Crippen LogP) is 0.938. The minimum Gasteiger partial charge on any atom is -0.211 e. The molecule has 0 saturated carbocycles. The lowest BCUT2D eigenvalue weighted by Gasteiger charge is -2.03. The van der Waals surface area contributed by atoms with Crippen molar-refractivity contribution in [3.05, 3.63) is 35.4 Å². The molecule has 0 aliphatic carbocycles. The number of aryl methyl sites for hydroxylation is 1. The molecule has 0 spiro atoms. The van der Waals surface area contributed by atoms with Crippen molar-refractivity contribution in [1.29, 1.82) is 5.26 Å². The molecule has 4 nitrogen and oxygen atoms in total. The first kappa shape index (κ1) is 11.7. The van der Waals surface area contributed by atoms with Crippen molar-refractivity contribution in [1.82, 2.24) is 4.72 Å². The summed E-state index contributed by atoms with van der Waals surface area (Å²) in [5, 5.41) is 8.27. The van der Waals surface area contributed by atoms with Gasteiger partial charge in [-0.2, -0.15) is 5.26 Å². The van der Waals surface area contributed by atoms with Gasteiger partial charge in [0.1, 0.15) is 0 Å². The molecule has 1 rings (SSSR count). The molecule has 80 valence electrons. The molecule has 5 heteroatoms. The van der Waals surface area contributed by atoms with Gasteiger partial charge in [0, 0.05) is 6.54 Å². The molecule has 1 N–H and O–H groups in total. The van der Waals surface area contributed by atoms with Crippen LogP contribution in [0, 0.1) is 18.3 Å². The van der Waals surface area contributed by atoms with Crippen LogP contribution in [-0.2, 0) is 16.6 Å². The van der Waals surface area contributed by atoms with Crippen LogP contribution in [0.2, 0.25) is 0 Å². The summed E-state index contributed by atoms with van der Waals surface area (Å²) in [6.07, 6.45) is 0. The maximum absolute atomic E-state index is 11.1. The average molecular weight is 224 g/mol. The van der Waals surface area contributed by atoms with E-state index in [1.165, 1.54) is 0 Å². The van der Waals surface area contributed by atoms with E-state index >= 15 is 0 Å². The monoisotopic (exact) mass is 224 g/mol. The van der Waals surface area contributed by atoms with Crippen molar-refractivity contribution in [2.45, 2.75) is 13.5 Å². The summed E-state index contributed by atoms with van der Waals surface area (Å²) in [6, 6.07) is 9.13. The molecule has 0 bridgehead atoms. The first-order chi connectivity index (χ1) is 7.03. The van der Waals surface area contributed by atoms with Crippen molar-refractivity contribution in [3.63, 3.8) is 0 Å². The van der Waals surface area contributed by atoms with E-state index < -0.39 is 15.8 Å². The Balaban J connectivity index is 2.59. The molecule has 15 heavy (non-hydrogen) atoms. The molecule has 0 aromatic heterocycles. The smallest absolute Gasteiger partial charge is 0.211 e. The van der Waals surface area contributed by atoms with Gasteiger partial charge in [0.05, 0.1) is 6.07 Å². The van der Waals surface area contributed by atoms with Gasteiger partial charge in [-0.15, -0.1) is 0 Å². The van der Waals surface area contributed by atoms with Crippen LogP contribution in [-0.4, -0.2) is 14.2 Å². The third-order valence-electron chi connectivity index (χ3n) is 1.87. The van der Waals surface area contributed by atoms with Crippen LogP contribution in [0.15, 0.2) is 24.3 Å². The Kier molecular flexibility index (Phi) is 3.83. The van der Waals surface area contributed by atoms with Crippen LogP contribution in [0.5, 0.6) is 0 Å². The fourth-order valence-corrected chi connectivity index (χ4v) is 1.69. The molecule has 0 fully saturated rings. The molecular formula is C10H12N2O2S. The minimum absolute atomic E-state index is 0.226. The summed E-state index contributed by atoms with van der Waals surface area (Å²) in [4.78, 5) is 0. The maximum atomic E-state index is 11.1. The normalized spacial score (nSPS) is 10.9. The Morgan fingerprint density at radius 2 is 1.93 bits per heavy atom. The van der Waals surface area contributed by atoms with Crippen molar-refractivity contribution >= 4 is 10.0 Å². The second kappa shape index (κ2) is 4.91. The molecule has 0 aliphatic rings. The van der Waals surface area contributed by atoms with Gasteiger partial charge in [0.2, 0.25) is 10.0 Å². The molecule has 0 radical (unpaired) electrons. The van der Waals surface area contributed by atoms with E-state index in [2.05, 4.69) is 4.72 Å². The molecule has 1 aromatic rings. The zero-order valence-electron chi connectivity index (χ0n) is 8.40. The van der Waals surface area contributed by atoms with E-state index in [4.69, 9.17) is 5.26 Å². The number of benzene rings is 1. The van der Waals surface area contributed by atoms with Crippen LogP contribution >= 0.6 is 0 Å². The van der Waals surface area contributed by atoms with Gasteiger partial charge in [-0.05, 0) is 12.5 Å². The number of sulfonamides is 1. The highest BCUT2D eigenvalue weighted by molar-refractivity contribution is 7.89. The zero-order valence-corrected chi connectivity index (χ0v) is 9.21. The summed E-state index contributed by atoms with van der Waals surface area (Å²) in [7, 11) is -3.45. The summed E-state index contributed by atoms with van der Waals surface area (Å²) >= 11 is 0. The number of nitrogens with one attached hydrogen (secondary N) is 1. The standard InChI is InChI=1S/C10H12N2O2S/c1-9-2-4-10(5-3-9)8-12-15(13,14)7-6-11/h2-5,12H,7-8H2,1H3. The average Bonchev–Trinajstić information content (AvgIpc) is 2.17. The third kappa shape index (κ3) is 4.11. The van der Waals surface area contributed by atoms with E-state index in [-0.39, 0.29) is 6.54 Å². The lowest BCUT2D eigenvalue weighted by atomic mass is 10.2. The van der Waals surface area contributed by atoms with E-state index in [1.807, 2.05) is 31.2 Å². The Morgan fingerprint density at radius 3 is 2.47 bits per heavy atom. The number of nitriles is 1. The summed E-state index contributed by atoms with van der Waals surface area (Å²) < 4.78 is 24.6. The van der Waals surface area contributed by atoms with Crippen LogP contribution in [0.4, 0.5) is 0 Å². The molecule has 0 saturated heterocycles. The van der Waals surface area contributed by atoms with E-state index in [1.54, 1.807) is 6.07 Å². The number of hydrogen-bond donors (Lipinski definition) is 1. The molecule has 0 atom stereocenters. The molecule has 0 unspecified atom stereocenters.